The molecule has 0 aliphatic carbocycles. The number of likely N-dealkylation sites (N-methyl/N-ethyl adjacent to an activating group) is 1. The van der Waals surface area contributed by atoms with Gasteiger partial charge in [0.1, 0.15) is 5.75 Å². The van der Waals surface area contributed by atoms with Crippen LogP contribution in [0.2, 0.25) is 0 Å². The summed E-state index contributed by atoms with van der Waals surface area (Å²) in [7, 11) is 1.97. The number of nitrogens with zero attached hydrogens (tertiary/aromatic N) is 2. The number of ether oxygens (including phenoxy) is 1. The van der Waals surface area contributed by atoms with Crippen molar-refractivity contribution in [2.24, 2.45) is 0 Å². The van der Waals surface area contributed by atoms with Crippen LogP contribution in [-0.2, 0) is 12.8 Å². The van der Waals surface area contributed by atoms with Crippen LogP contribution in [0.25, 0.3) is 0 Å². The Labute approximate surface area is 124 Å². The number of fused-ring (bicyclic) bond motifs is 1. The van der Waals surface area contributed by atoms with Crippen LogP contribution in [-0.4, -0.2) is 23.2 Å². The summed E-state index contributed by atoms with van der Waals surface area (Å²) in [5.41, 5.74) is 1.20. The lowest BCUT2D eigenvalue weighted by atomic mass is 10.1. The maximum absolute atomic E-state index is 5.88. The Balaban J connectivity index is 1.66. The molecule has 1 aromatic carbocycles. The largest absolute Gasteiger partial charge is 0.482 e. The molecule has 0 radical (unpaired) electrons. The first-order chi connectivity index (χ1) is 10.3. The van der Waals surface area contributed by atoms with E-state index in [0.29, 0.717) is 17.8 Å². The van der Waals surface area contributed by atoms with Gasteiger partial charge in [-0.3, -0.25) is 0 Å². The van der Waals surface area contributed by atoms with Crippen molar-refractivity contribution < 1.29 is 9.26 Å². The number of aromatic nitrogens is 2. The molecular formula is C16H21N3O2. The summed E-state index contributed by atoms with van der Waals surface area (Å²) < 4.78 is 11.3. The van der Waals surface area contributed by atoms with Crippen molar-refractivity contribution in [1.29, 1.82) is 0 Å². The van der Waals surface area contributed by atoms with Gasteiger partial charge in [0, 0.05) is 18.9 Å². The predicted octanol–water partition coefficient (Wildman–Crippen LogP) is 2.68. The lowest BCUT2D eigenvalue weighted by molar-refractivity contribution is 0.221. The van der Waals surface area contributed by atoms with E-state index >= 15 is 0 Å². The number of para-hydroxylation sites is 1. The molecule has 5 nitrogen and oxygen atoms in total. The van der Waals surface area contributed by atoms with Gasteiger partial charge in [-0.15, -0.1) is 0 Å². The van der Waals surface area contributed by atoms with Gasteiger partial charge in [0.2, 0.25) is 11.7 Å². The fourth-order valence-electron chi connectivity index (χ4n) is 2.72. The van der Waals surface area contributed by atoms with Crippen LogP contribution in [0.1, 0.15) is 43.1 Å². The number of rotatable bonds is 6. The third-order valence-electron chi connectivity index (χ3n) is 3.89. The highest BCUT2D eigenvalue weighted by Gasteiger charge is 2.28. The van der Waals surface area contributed by atoms with Crippen LogP contribution in [0, 0.1) is 0 Å². The number of nitrogens with one attached hydrogen (secondary N) is 1. The van der Waals surface area contributed by atoms with Gasteiger partial charge >= 0.3 is 0 Å². The van der Waals surface area contributed by atoms with E-state index in [9.17, 15) is 0 Å². The quantitative estimate of drug-likeness (QED) is 0.885. The van der Waals surface area contributed by atoms with Crippen molar-refractivity contribution in [2.45, 2.75) is 44.8 Å². The van der Waals surface area contributed by atoms with Gasteiger partial charge in [-0.05, 0) is 25.1 Å². The molecule has 0 fully saturated rings. The Kier molecular flexibility index (Phi) is 4.20. The van der Waals surface area contributed by atoms with E-state index in [1.165, 1.54) is 5.56 Å². The number of benzene rings is 1. The molecule has 5 heteroatoms. The van der Waals surface area contributed by atoms with Gasteiger partial charge in [-0.25, -0.2) is 0 Å². The first-order valence-electron chi connectivity index (χ1n) is 7.54. The Bertz CT molecular complexity index is 572. The molecule has 2 unspecified atom stereocenters. The van der Waals surface area contributed by atoms with Crippen LogP contribution in [0.15, 0.2) is 28.8 Å². The van der Waals surface area contributed by atoms with Crippen LogP contribution in [0.4, 0.5) is 0 Å². The second kappa shape index (κ2) is 6.26. The summed E-state index contributed by atoms with van der Waals surface area (Å²) in [6.45, 7) is 2.17. The van der Waals surface area contributed by atoms with Crippen molar-refractivity contribution in [3.8, 4) is 5.75 Å². The lowest BCUT2D eigenvalue weighted by Gasteiger charge is -2.11. The highest BCUT2D eigenvalue weighted by atomic mass is 16.5. The van der Waals surface area contributed by atoms with Crippen LogP contribution >= 0.6 is 0 Å². The van der Waals surface area contributed by atoms with Crippen molar-refractivity contribution in [1.82, 2.24) is 15.5 Å². The molecule has 21 heavy (non-hydrogen) atoms. The SMILES string of the molecule is CCCC(Cc1nc(C2Cc3ccccc3O2)no1)NC. The van der Waals surface area contributed by atoms with E-state index < -0.39 is 0 Å². The molecule has 0 saturated heterocycles. The molecule has 3 rings (SSSR count). The Morgan fingerprint density at radius 3 is 3.00 bits per heavy atom. The molecule has 2 atom stereocenters. The molecule has 112 valence electrons. The second-order valence-electron chi connectivity index (χ2n) is 5.44. The maximum atomic E-state index is 5.88. The van der Waals surface area contributed by atoms with E-state index in [0.717, 1.165) is 31.4 Å². The van der Waals surface area contributed by atoms with Gasteiger partial charge in [0.05, 0.1) is 0 Å². The first-order valence-corrected chi connectivity index (χ1v) is 7.54. The Hall–Kier alpha value is -1.88. The molecule has 1 aliphatic rings. The van der Waals surface area contributed by atoms with E-state index in [1.54, 1.807) is 0 Å². The van der Waals surface area contributed by atoms with Crippen molar-refractivity contribution in [3.05, 3.63) is 41.5 Å². The molecule has 1 aromatic heterocycles. The van der Waals surface area contributed by atoms with Gasteiger partial charge in [0.25, 0.3) is 0 Å². The molecule has 0 bridgehead atoms. The molecule has 2 heterocycles. The molecule has 1 N–H and O–H groups in total. The first kappa shape index (κ1) is 14.1. The minimum atomic E-state index is -0.126. The third kappa shape index (κ3) is 3.08. The van der Waals surface area contributed by atoms with Crippen LogP contribution in [0.5, 0.6) is 5.75 Å². The third-order valence-corrected chi connectivity index (χ3v) is 3.89. The molecule has 0 spiro atoms. The van der Waals surface area contributed by atoms with Crippen molar-refractivity contribution >= 4 is 0 Å². The van der Waals surface area contributed by atoms with Crippen molar-refractivity contribution in [3.63, 3.8) is 0 Å². The Morgan fingerprint density at radius 2 is 2.24 bits per heavy atom. The zero-order chi connectivity index (χ0) is 14.7. The fraction of sp³-hybridized carbons (Fsp3) is 0.500. The zero-order valence-electron chi connectivity index (χ0n) is 12.5. The van der Waals surface area contributed by atoms with Gasteiger partial charge < -0.3 is 14.6 Å². The minimum Gasteiger partial charge on any atom is -0.482 e. The summed E-state index contributed by atoms with van der Waals surface area (Å²) in [5.74, 6) is 2.25. The topological polar surface area (TPSA) is 60.2 Å². The normalized spacial score (nSPS) is 18.3. The molecule has 0 saturated carbocycles. The number of hydrogen-bond donors (Lipinski definition) is 1. The lowest BCUT2D eigenvalue weighted by Crippen LogP contribution is -2.27. The predicted molar refractivity (Wildman–Crippen MR) is 79.3 cm³/mol. The standard InChI is InChI=1S/C16H21N3O2/c1-3-6-12(17-2)10-15-18-16(19-21-15)14-9-11-7-4-5-8-13(11)20-14/h4-5,7-8,12,14,17H,3,6,9-10H2,1-2H3. The summed E-state index contributed by atoms with van der Waals surface area (Å²) >= 11 is 0. The van der Waals surface area contributed by atoms with Crippen LogP contribution in [0.3, 0.4) is 0 Å². The highest BCUT2D eigenvalue weighted by molar-refractivity contribution is 5.37. The second-order valence-corrected chi connectivity index (χ2v) is 5.44. The summed E-state index contributed by atoms with van der Waals surface area (Å²) in [5, 5.41) is 7.38. The molecule has 0 amide bonds. The van der Waals surface area contributed by atoms with E-state index in [2.05, 4.69) is 28.4 Å². The Morgan fingerprint density at radius 1 is 1.38 bits per heavy atom. The molecule has 2 aromatic rings. The average Bonchev–Trinajstić information content (AvgIpc) is 3.12. The number of hydrogen-bond acceptors (Lipinski definition) is 5. The fourth-order valence-corrected chi connectivity index (χ4v) is 2.72. The summed E-state index contributed by atoms with van der Waals surface area (Å²) in [6.07, 6.45) is 3.67. The minimum absolute atomic E-state index is 0.126. The van der Waals surface area contributed by atoms with E-state index in [-0.39, 0.29) is 6.10 Å². The molecule has 1 aliphatic heterocycles. The average molecular weight is 287 g/mol. The van der Waals surface area contributed by atoms with Gasteiger partial charge in [0.15, 0.2) is 6.10 Å². The highest BCUT2D eigenvalue weighted by Crippen LogP contribution is 2.35. The van der Waals surface area contributed by atoms with E-state index in [1.807, 2.05) is 25.2 Å². The summed E-state index contributed by atoms with van der Waals surface area (Å²) in [4.78, 5) is 4.50. The van der Waals surface area contributed by atoms with Crippen molar-refractivity contribution in [2.75, 3.05) is 7.05 Å². The zero-order valence-corrected chi connectivity index (χ0v) is 12.5. The van der Waals surface area contributed by atoms with Gasteiger partial charge in [-0.2, -0.15) is 4.98 Å². The van der Waals surface area contributed by atoms with Gasteiger partial charge in [-0.1, -0.05) is 36.7 Å². The monoisotopic (exact) mass is 287 g/mol. The van der Waals surface area contributed by atoms with Crippen LogP contribution < -0.4 is 10.1 Å². The smallest absolute Gasteiger partial charge is 0.228 e. The molecular weight excluding hydrogens is 266 g/mol. The maximum Gasteiger partial charge on any atom is 0.228 e. The summed E-state index contributed by atoms with van der Waals surface area (Å²) in [6, 6.07) is 8.44. The van der Waals surface area contributed by atoms with E-state index in [4.69, 9.17) is 9.26 Å².